The third kappa shape index (κ3) is 8.94. The molecule has 0 saturated heterocycles. The molecule has 3 nitrogen and oxygen atoms in total. The van der Waals surface area contributed by atoms with Crippen molar-refractivity contribution in [2.24, 2.45) is 5.41 Å². The van der Waals surface area contributed by atoms with E-state index in [-0.39, 0.29) is 5.97 Å². The lowest BCUT2D eigenvalue weighted by atomic mass is 9.88. The number of carbonyl (C=O) groups excluding carboxylic acids is 1. The van der Waals surface area contributed by atoms with Gasteiger partial charge in [-0.15, -0.1) is 0 Å². The number of carbonyl (C=O) groups is 1. The number of methoxy groups -OCH3 is 1. The maximum atomic E-state index is 11.6. The standard InChI is InChI=1S/C22H36O3/c1-5-6-7-8-9-10-12-19-13-15-20(16-14-19)25-18-11-17-22(2,3)21(23)24-4/h13-16H,5-12,17-18H2,1-4H3. The smallest absolute Gasteiger partial charge is 0.311 e. The second kappa shape index (κ2) is 11.9. The fourth-order valence-electron chi connectivity index (χ4n) is 2.94. The Balaban J connectivity index is 2.20. The highest BCUT2D eigenvalue weighted by molar-refractivity contribution is 5.75. The first kappa shape index (κ1) is 21.5. The number of aryl methyl sites for hydroxylation is 1. The molecule has 0 saturated carbocycles. The lowest BCUT2D eigenvalue weighted by molar-refractivity contribution is -0.151. The van der Waals surface area contributed by atoms with Crippen LogP contribution < -0.4 is 4.74 Å². The predicted octanol–water partition coefficient (Wildman–Crippen LogP) is 5.95. The number of unbranched alkanes of at least 4 members (excludes halogenated alkanes) is 5. The van der Waals surface area contributed by atoms with Crippen LogP contribution in [0.3, 0.4) is 0 Å². The molecule has 1 rings (SSSR count). The Bertz CT molecular complexity index is 477. The van der Waals surface area contributed by atoms with E-state index in [1.807, 2.05) is 13.8 Å². The van der Waals surface area contributed by atoms with Crippen LogP contribution in [0.25, 0.3) is 0 Å². The van der Waals surface area contributed by atoms with Crippen LogP contribution in [0, 0.1) is 5.41 Å². The Hall–Kier alpha value is -1.51. The summed E-state index contributed by atoms with van der Waals surface area (Å²) in [7, 11) is 1.44. The van der Waals surface area contributed by atoms with Crippen molar-refractivity contribution in [1.82, 2.24) is 0 Å². The molecule has 0 aliphatic carbocycles. The van der Waals surface area contributed by atoms with Crippen LogP contribution in [-0.2, 0) is 16.0 Å². The van der Waals surface area contributed by atoms with Crippen molar-refractivity contribution in [3.05, 3.63) is 29.8 Å². The minimum atomic E-state index is -0.445. The second-order valence-electron chi connectivity index (χ2n) is 7.49. The largest absolute Gasteiger partial charge is 0.494 e. The van der Waals surface area contributed by atoms with Gasteiger partial charge in [0.25, 0.3) is 0 Å². The van der Waals surface area contributed by atoms with Gasteiger partial charge in [-0.1, -0.05) is 51.2 Å². The average molecular weight is 349 g/mol. The Labute approximate surface area is 154 Å². The van der Waals surface area contributed by atoms with Gasteiger partial charge in [0.1, 0.15) is 5.75 Å². The molecular formula is C22H36O3. The van der Waals surface area contributed by atoms with E-state index in [1.165, 1.54) is 51.2 Å². The van der Waals surface area contributed by atoms with Gasteiger partial charge < -0.3 is 9.47 Å². The van der Waals surface area contributed by atoms with Gasteiger partial charge in [-0.05, 0) is 57.2 Å². The van der Waals surface area contributed by atoms with Gasteiger partial charge in [-0.3, -0.25) is 4.79 Å². The third-order valence-corrected chi connectivity index (χ3v) is 4.70. The Morgan fingerprint density at radius 3 is 2.24 bits per heavy atom. The summed E-state index contributed by atoms with van der Waals surface area (Å²) in [4.78, 5) is 11.6. The lowest BCUT2D eigenvalue weighted by Gasteiger charge is -2.21. The van der Waals surface area contributed by atoms with Crippen LogP contribution >= 0.6 is 0 Å². The molecule has 0 bridgehead atoms. The quantitative estimate of drug-likeness (QED) is 0.326. The van der Waals surface area contributed by atoms with E-state index in [0.29, 0.717) is 6.61 Å². The zero-order valence-electron chi connectivity index (χ0n) is 16.6. The van der Waals surface area contributed by atoms with Crippen molar-refractivity contribution in [1.29, 1.82) is 0 Å². The molecular weight excluding hydrogens is 312 g/mol. The summed E-state index contributed by atoms with van der Waals surface area (Å²) in [5.41, 5.74) is 0.939. The van der Waals surface area contributed by atoms with Gasteiger partial charge in [0.2, 0.25) is 0 Å². The maximum Gasteiger partial charge on any atom is 0.311 e. The van der Waals surface area contributed by atoms with Gasteiger partial charge in [0.15, 0.2) is 0 Å². The summed E-state index contributed by atoms with van der Waals surface area (Å²) >= 11 is 0. The molecule has 0 aromatic heterocycles. The van der Waals surface area contributed by atoms with Crippen LogP contribution in [0.1, 0.15) is 77.7 Å². The highest BCUT2D eigenvalue weighted by atomic mass is 16.5. The molecule has 142 valence electrons. The SMILES string of the molecule is CCCCCCCCc1ccc(OCCCC(C)(C)C(=O)OC)cc1. The summed E-state index contributed by atoms with van der Waals surface area (Å²) < 4.78 is 10.6. The van der Waals surface area contributed by atoms with Gasteiger partial charge in [0.05, 0.1) is 19.1 Å². The van der Waals surface area contributed by atoms with Gasteiger partial charge >= 0.3 is 5.97 Å². The van der Waals surface area contributed by atoms with Crippen molar-refractivity contribution in [3.63, 3.8) is 0 Å². The molecule has 0 aliphatic heterocycles. The second-order valence-corrected chi connectivity index (χ2v) is 7.49. The molecule has 3 heteroatoms. The van der Waals surface area contributed by atoms with Crippen LogP contribution in [0.4, 0.5) is 0 Å². The van der Waals surface area contributed by atoms with E-state index in [9.17, 15) is 4.79 Å². The first-order valence-electron chi connectivity index (χ1n) is 9.79. The number of esters is 1. The minimum absolute atomic E-state index is 0.161. The Kier molecular flexibility index (Phi) is 10.3. The van der Waals surface area contributed by atoms with E-state index < -0.39 is 5.41 Å². The fraction of sp³-hybridized carbons (Fsp3) is 0.682. The molecule has 0 aliphatic rings. The number of ether oxygens (including phenoxy) is 2. The molecule has 0 unspecified atom stereocenters. The third-order valence-electron chi connectivity index (χ3n) is 4.70. The van der Waals surface area contributed by atoms with E-state index in [2.05, 4.69) is 31.2 Å². The number of hydrogen-bond acceptors (Lipinski definition) is 3. The fourth-order valence-corrected chi connectivity index (χ4v) is 2.94. The predicted molar refractivity (Wildman–Crippen MR) is 104 cm³/mol. The first-order chi connectivity index (χ1) is 12.0. The first-order valence-corrected chi connectivity index (χ1v) is 9.79. The number of benzene rings is 1. The molecule has 0 radical (unpaired) electrons. The monoisotopic (exact) mass is 348 g/mol. The number of rotatable bonds is 13. The highest BCUT2D eigenvalue weighted by Gasteiger charge is 2.27. The van der Waals surface area contributed by atoms with Gasteiger partial charge in [-0.2, -0.15) is 0 Å². The van der Waals surface area contributed by atoms with Crippen molar-refractivity contribution >= 4 is 5.97 Å². The van der Waals surface area contributed by atoms with Crippen LogP contribution in [0.15, 0.2) is 24.3 Å². The van der Waals surface area contributed by atoms with Crippen molar-refractivity contribution in [2.75, 3.05) is 13.7 Å². The van der Waals surface area contributed by atoms with Crippen molar-refractivity contribution in [2.45, 2.75) is 78.6 Å². The summed E-state index contributed by atoms with van der Waals surface area (Å²) in [6.07, 6.45) is 10.7. The summed E-state index contributed by atoms with van der Waals surface area (Å²) in [5.74, 6) is 0.745. The van der Waals surface area contributed by atoms with Crippen LogP contribution in [0.5, 0.6) is 5.75 Å². The molecule has 1 aromatic carbocycles. The van der Waals surface area contributed by atoms with Crippen LogP contribution in [-0.4, -0.2) is 19.7 Å². The Morgan fingerprint density at radius 1 is 0.960 bits per heavy atom. The topological polar surface area (TPSA) is 35.5 Å². The Morgan fingerprint density at radius 2 is 1.60 bits per heavy atom. The molecule has 0 amide bonds. The van der Waals surface area contributed by atoms with E-state index in [0.717, 1.165) is 25.0 Å². The van der Waals surface area contributed by atoms with Gasteiger partial charge in [-0.25, -0.2) is 0 Å². The molecule has 0 N–H and O–H groups in total. The molecule has 0 atom stereocenters. The lowest BCUT2D eigenvalue weighted by Crippen LogP contribution is -2.26. The van der Waals surface area contributed by atoms with Gasteiger partial charge in [0, 0.05) is 0 Å². The van der Waals surface area contributed by atoms with E-state index in [4.69, 9.17) is 9.47 Å². The number of hydrogen-bond donors (Lipinski definition) is 0. The summed E-state index contributed by atoms with van der Waals surface area (Å²) in [6, 6.07) is 8.44. The highest BCUT2D eigenvalue weighted by Crippen LogP contribution is 2.24. The summed E-state index contributed by atoms with van der Waals surface area (Å²) in [5, 5.41) is 0. The van der Waals surface area contributed by atoms with E-state index in [1.54, 1.807) is 0 Å². The minimum Gasteiger partial charge on any atom is -0.494 e. The molecule has 25 heavy (non-hydrogen) atoms. The summed E-state index contributed by atoms with van der Waals surface area (Å²) in [6.45, 7) is 6.70. The van der Waals surface area contributed by atoms with E-state index >= 15 is 0 Å². The molecule has 0 spiro atoms. The van der Waals surface area contributed by atoms with Crippen LogP contribution in [0.2, 0.25) is 0 Å². The average Bonchev–Trinajstić information content (AvgIpc) is 2.62. The zero-order chi connectivity index (χ0) is 18.5. The molecule has 1 aromatic rings. The molecule has 0 fully saturated rings. The maximum absolute atomic E-state index is 11.6. The van der Waals surface area contributed by atoms with Crippen molar-refractivity contribution < 1.29 is 14.3 Å². The zero-order valence-corrected chi connectivity index (χ0v) is 16.6. The van der Waals surface area contributed by atoms with Crippen molar-refractivity contribution in [3.8, 4) is 5.75 Å². The molecule has 0 heterocycles. The normalized spacial score (nSPS) is 11.4.